The SMILES string of the molecule is CCCCNP(c1ccccc1)c1ccccc1. The minimum absolute atomic E-state index is 0.412. The highest BCUT2D eigenvalue weighted by molar-refractivity contribution is 7.71. The van der Waals surface area contributed by atoms with E-state index in [-0.39, 0.29) is 0 Å². The van der Waals surface area contributed by atoms with Crippen LogP contribution in [-0.4, -0.2) is 6.54 Å². The molecule has 0 bridgehead atoms. The minimum Gasteiger partial charge on any atom is -0.289 e. The fraction of sp³-hybridized carbons (Fsp3) is 0.250. The van der Waals surface area contributed by atoms with Crippen LogP contribution in [-0.2, 0) is 0 Å². The average Bonchev–Trinajstić information content (AvgIpc) is 2.46. The van der Waals surface area contributed by atoms with Gasteiger partial charge in [0.05, 0.1) is 0 Å². The van der Waals surface area contributed by atoms with Crippen LogP contribution in [0.5, 0.6) is 0 Å². The molecule has 0 heterocycles. The largest absolute Gasteiger partial charge is 0.289 e. The van der Waals surface area contributed by atoms with Gasteiger partial charge in [-0.1, -0.05) is 74.0 Å². The Morgan fingerprint density at radius 1 is 0.833 bits per heavy atom. The van der Waals surface area contributed by atoms with Gasteiger partial charge in [0, 0.05) is 8.07 Å². The van der Waals surface area contributed by atoms with E-state index in [0.29, 0.717) is 0 Å². The van der Waals surface area contributed by atoms with E-state index in [0.717, 1.165) is 6.54 Å². The summed E-state index contributed by atoms with van der Waals surface area (Å²) in [5.74, 6) is 0. The van der Waals surface area contributed by atoms with Crippen LogP contribution >= 0.6 is 8.07 Å². The maximum absolute atomic E-state index is 3.72. The normalized spacial score (nSPS) is 10.8. The second kappa shape index (κ2) is 7.31. The topological polar surface area (TPSA) is 12.0 Å². The fourth-order valence-electron chi connectivity index (χ4n) is 1.85. The predicted octanol–water partition coefficient (Wildman–Crippen LogP) is 3.42. The summed E-state index contributed by atoms with van der Waals surface area (Å²) in [4.78, 5) is 0. The van der Waals surface area contributed by atoms with Gasteiger partial charge in [-0.25, -0.2) is 0 Å². The maximum Gasteiger partial charge on any atom is 0.0253 e. The molecule has 0 saturated carbocycles. The van der Waals surface area contributed by atoms with Gasteiger partial charge in [0.1, 0.15) is 0 Å². The molecule has 0 fully saturated rings. The molecule has 2 rings (SSSR count). The molecule has 94 valence electrons. The Labute approximate surface area is 111 Å². The van der Waals surface area contributed by atoms with Crippen molar-refractivity contribution in [1.29, 1.82) is 0 Å². The summed E-state index contributed by atoms with van der Waals surface area (Å²) in [6.45, 7) is 3.32. The lowest BCUT2D eigenvalue weighted by Gasteiger charge is -2.19. The van der Waals surface area contributed by atoms with Crippen LogP contribution < -0.4 is 15.7 Å². The Bertz CT molecular complexity index is 402. The summed E-state index contributed by atoms with van der Waals surface area (Å²) in [5.41, 5.74) is 0. The van der Waals surface area contributed by atoms with Gasteiger partial charge in [0.15, 0.2) is 0 Å². The van der Waals surface area contributed by atoms with E-state index in [4.69, 9.17) is 0 Å². The second-order valence-corrected chi connectivity index (χ2v) is 6.29. The van der Waals surface area contributed by atoms with Crippen molar-refractivity contribution in [2.24, 2.45) is 0 Å². The first kappa shape index (κ1) is 13.3. The zero-order valence-electron chi connectivity index (χ0n) is 10.8. The maximum atomic E-state index is 3.72. The van der Waals surface area contributed by atoms with Crippen LogP contribution in [0.3, 0.4) is 0 Å². The molecule has 0 aliphatic carbocycles. The van der Waals surface area contributed by atoms with Gasteiger partial charge in [-0.2, -0.15) is 0 Å². The lowest BCUT2D eigenvalue weighted by atomic mass is 10.3. The quantitative estimate of drug-likeness (QED) is 0.617. The number of hydrogen-bond donors (Lipinski definition) is 1. The van der Waals surface area contributed by atoms with Gasteiger partial charge in [-0.15, -0.1) is 0 Å². The van der Waals surface area contributed by atoms with Crippen LogP contribution in [0.1, 0.15) is 19.8 Å². The zero-order chi connectivity index (χ0) is 12.6. The third-order valence-electron chi connectivity index (χ3n) is 2.83. The molecule has 0 unspecified atom stereocenters. The standard InChI is InChI=1S/C16H20NP/c1-2-3-14-17-18(15-10-6-4-7-11-15)16-12-8-5-9-13-16/h4-13,17H,2-3,14H2,1H3. The highest BCUT2D eigenvalue weighted by Crippen LogP contribution is 2.28. The van der Waals surface area contributed by atoms with E-state index in [1.165, 1.54) is 23.5 Å². The van der Waals surface area contributed by atoms with Crippen LogP contribution in [0.15, 0.2) is 60.7 Å². The molecule has 0 atom stereocenters. The molecule has 1 N–H and O–H groups in total. The van der Waals surface area contributed by atoms with Crippen LogP contribution in [0.4, 0.5) is 0 Å². The average molecular weight is 257 g/mol. The van der Waals surface area contributed by atoms with E-state index in [2.05, 4.69) is 72.7 Å². The monoisotopic (exact) mass is 257 g/mol. The summed E-state index contributed by atoms with van der Waals surface area (Å²) in [6, 6.07) is 21.5. The number of nitrogens with one attached hydrogen (secondary N) is 1. The molecular weight excluding hydrogens is 237 g/mol. The Morgan fingerprint density at radius 3 is 1.78 bits per heavy atom. The highest BCUT2D eigenvalue weighted by atomic mass is 31.1. The Morgan fingerprint density at radius 2 is 1.33 bits per heavy atom. The van der Waals surface area contributed by atoms with E-state index < -0.39 is 8.07 Å². The van der Waals surface area contributed by atoms with E-state index in [1.54, 1.807) is 0 Å². The third-order valence-corrected chi connectivity index (χ3v) is 5.00. The lowest BCUT2D eigenvalue weighted by Crippen LogP contribution is -2.23. The lowest BCUT2D eigenvalue weighted by molar-refractivity contribution is 0.773. The summed E-state index contributed by atoms with van der Waals surface area (Å²) < 4.78 is 0. The fourth-order valence-corrected chi connectivity index (χ4v) is 3.84. The van der Waals surface area contributed by atoms with Gasteiger partial charge < -0.3 is 0 Å². The van der Waals surface area contributed by atoms with Gasteiger partial charge in [0.2, 0.25) is 0 Å². The van der Waals surface area contributed by atoms with Crippen molar-refractivity contribution in [3.63, 3.8) is 0 Å². The van der Waals surface area contributed by atoms with E-state index >= 15 is 0 Å². The molecule has 2 heteroatoms. The molecule has 1 nitrogen and oxygen atoms in total. The van der Waals surface area contributed by atoms with Gasteiger partial charge in [-0.05, 0) is 23.6 Å². The van der Waals surface area contributed by atoms with Crippen molar-refractivity contribution in [3.05, 3.63) is 60.7 Å². The summed E-state index contributed by atoms with van der Waals surface area (Å²) in [5, 5.41) is 6.51. The molecule has 0 aliphatic rings. The van der Waals surface area contributed by atoms with Crippen LogP contribution in [0, 0.1) is 0 Å². The Hall–Kier alpha value is -1.17. The minimum atomic E-state index is -0.412. The molecule has 0 aliphatic heterocycles. The van der Waals surface area contributed by atoms with Gasteiger partial charge in [0.25, 0.3) is 0 Å². The second-order valence-electron chi connectivity index (χ2n) is 4.27. The molecule has 0 radical (unpaired) electrons. The molecular formula is C16H20NP. The number of rotatable bonds is 6. The smallest absolute Gasteiger partial charge is 0.0253 e. The summed E-state index contributed by atoms with van der Waals surface area (Å²) in [7, 11) is -0.412. The van der Waals surface area contributed by atoms with Crippen LogP contribution in [0.25, 0.3) is 0 Å². The Balaban J connectivity index is 2.18. The molecule has 2 aromatic carbocycles. The summed E-state index contributed by atoms with van der Waals surface area (Å²) >= 11 is 0. The van der Waals surface area contributed by atoms with Crippen molar-refractivity contribution in [2.75, 3.05) is 6.54 Å². The first-order chi connectivity index (χ1) is 8.92. The van der Waals surface area contributed by atoms with E-state index in [1.807, 2.05) is 0 Å². The molecule has 2 aromatic rings. The first-order valence-electron chi connectivity index (χ1n) is 6.55. The van der Waals surface area contributed by atoms with Crippen molar-refractivity contribution < 1.29 is 0 Å². The van der Waals surface area contributed by atoms with Gasteiger partial charge >= 0.3 is 0 Å². The number of hydrogen-bond acceptors (Lipinski definition) is 1. The van der Waals surface area contributed by atoms with Crippen molar-refractivity contribution in [1.82, 2.24) is 5.09 Å². The molecule has 0 spiro atoms. The summed E-state index contributed by atoms with van der Waals surface area (Å²) in [6.07, 6.45) is 2.47. The highest BCUT2D eigenvalue weighted by Gasteiger charge is 2.11. The van der Waals surface area contributed by atoms with Gasteiger partial charge in [-0.3, -0.25) is 5.09 Å². The molecule has 0 aromatic heterocycles. The molecule has 0 amide bonds. The molecule has 18 heavy (non-hydrogen) atoms. The first-order valence-corrected chi connectivity index (χ1v) is 7.89. The van der Waals surface area contributed by atoms with E-state index in [9.17, 15) is 0 Å². The zero-order valence-corrected chi connectivity index (χ0v) is 11.7. The van der Waals surface area contributed by atoms with Crippen molar-refractivity contribution >= 4 is 18.7 Å². The Kier molecular flexibility index (Phi) is 5.38. The number of unbranched alkanes of at least 4 members (excludes halogenated alkanes) is 1. The third kappa shape index (κ3) is 3.66. The molecule has 0 saturated heterocycles. The van der Waals surface area contributed by atoms with Crippen molar-refractivity contribution in [3.8, 4) is 0 Å². The van der Waals surface area contributed by atoms with Crippen LogP contribution in [0.2, 0.25) is 0 Å². The van der Waals surface area contributed by atoms with Crippen molar-refractivity contribution in [2.45, 2.75) is 19.8 Å². The predicted molar refractivity (Wildman–Crippen MR) is 82.0 cm³/mol. The number of benzene rings is 2.